The molecule has 0 saturated carbocycles. The van der Waals surface area contributed by atoms with Gasteiger partial charge >= 0.3 is 5.97 Å². The summed E-state index contributed by atoms with van der Waals surface area (Å²) in [7, 11) is 0. The van der Waals surface area contributed by atoms with Crippen LogP contribution in [0.5, 0.6) is 0 Å². The third kappa shape index (κ3) is 27.0. The first-order valence-electron chi connectivity index (χ1n) is 23.9. The van der Waals surface area contributed by atoms with Gasteiger partial charge in [-0.15, -0.1) is 0 Å². The molecular formula is C48H90N2O5. The molecule has 3 atom stereocenters. The topological polar surface area (TPSA) is 77.1 Å². The number of carbonyl (C=O) groups is 2. The van der Waals surface area contributed by atoms with Gasteiger partial charge < -0.3 is 19.5 Å². The second-order valence-electron chi connectivity index (χ2n) is 17.7. The molecule has 1 N–H and O–H groups in total. The molecule has 2 aliphatic heterocycles. The summed E-state index contributed by atoms with van der Waals surface area (Å²) >= 11 is 0. The zero-order chi connectivity index (χ0) is 39.7. The molecule has 2 aliphatic rings. The summed E-state index contributed by atoms with van der Waals surface area (Å²) in [6.07, 6.45) is 40.6. The number of allylic oxidation sites excluding steroid dienone is 2. The Morgan fingerprint density at radius 3 is 1.76 bits per heavy atom. The highest BCUT2D eigenvalue weighted by Gasteiger charge is 2.44. The van der Waals surface area contributed by atoms with Crippen molar-refractivity contribution in [3.05, 3.63) is 12.2 Å². The average Bonchev–Trinajstić information content (AvgIpc) is 3.49. The molecule has 55 heavy (non-hydrogen) atoms. The van der Waals surface area contributed by atoms with Crippen molar-refractivity contribution in [2.45, 2.75) is 238 Å². The Morgan fingerprint density at radius 2 is 1.20 bits per heavy atom. The summed E-state index contributed by atoms with van der Waals surface area (Å²) in [5, 5.41) is 3.31. The summed E-state index contributed by atoms with van der Waals surface area (Å²) in [5.41, 5.74) is -0.249. The van der Waals surface area contributed by atoms with Crippen molar-refractivity contribution in [3.63, 3.8) is 0 Å². The molecule has 2 heterocycles. The van der Waals surface area contributed by atoms with Crippen molar-refractivity contribution >= 4 is 11.9 Å². The second-order valence-corrected chi connectivity index (χ2v) is 17.7. The molecular weight excluding hydrogens is 685 g/mol. The van der Waals surface area contributed by atoms with Crippen LogP contribution in [0.3, 0.4) is 0 Å². The van der Waals surface area contributed by atoms with Crippen molar-refractivity contribution in [2.24, 2.45) is 5.92 Å². The number of unbranched alkanes of at least 4 members (excludes halogenated alkanes) is 22. The molecule has 322 valence electrons. The van der Waals surface area contributed by atoms with Gasteiger partial charge in [0.1, 0.15) is 6.61 Å². The third-order valence-electron chi connectivity index (χ3n) is 11.9. The minimum Gasteiger partial charge on any atom is -0.463 e. The first kappa shape index (κ1) is 49.7. The Labute approximate surface area is 340 Å². The Morgan fingerprint density at radius 1 is 0.691 bits per heavy atom. The van der Waals surface area contributed by atoms with E-state index in [4.69, 9.17) is 14.2 Å². The number of rotatable bonds is 36. The summed E-state index contributed by atoms with van der Waals surface area (Å²) < 4.78 is 18.0. The van der Waals surface area contributed by atoms with Gasteiger partial charge in [0.15, 0.2) is 0 Å². The van der Waals surface area contributed by atoms with Crippen LogP contribution >= 0.6 is 0 Å². The lowest BCUT2D eigenvalue weighted by Crippen LogP contribution is -2.49. The lowest BCUT2D eigenvalue weighted by molar-refractivity contribution is -0.147. The molecule has 0 radical (unpaired) electrons. The highest BCUT2D eigenvalue weighted by molar-refractivity contribution is 5.76. The number of hydrogen-bond donors (Lipinski definition) is 1. The molecule has 1 amide bonds. The molecule has 0 spiro atoms. The third-order valence-corrected chi connectivity index (χ3v) is 11.9. The summed E-state index contributed by atoms with van der Waals surface area (Å²) in [5.74, 6) is 0.228. The fourth-order valence-corrected chi connectivity index (χ4v) is 8.57. The molecule has 0 unspecified atom stereocenters. The molecule has 2 rings (SSSR count). The van der Waals surface area contributed by atoms with Crippen LogP contribution in [0.15, 0.2) is 12.2 Å². The molecule has 0 aromatic heterocycles. The van der Waals surface area contributed by atoms with Gasteiger partial charge in [0, 0.05) is 25.9 Å². The van der Waals surface area contributed by atoms with Gasteiger partial charge in [-0.1, -0.05) is 154 Å². The minimum atomic E-state index is -0.317. The Balaban J connectivity index is 1.75. The fraction of sp³-hybridized carbons (Fsp3) is 0.917. The second kappa shape index (κ2) is 33.5. The molecule has 7 heteroatoms. The molecule has 0 bridgehead atoms. The lowest BCUT2D eigenvalue weighted by atomic mass is 9.86. The summed E-state index contributed by atoms with van der Waals surface area (Å²) in [6, 6.07) is -0.317. The Kier molecular flexibility index (Phi) is 30.3. The van der Waals surface area contributed by atoms with E-state index in [1.807, 2.05) is 0 Å². The first-order chi connectivity index (χ1) is 26.8. The van der Waals surface area contributed by atoms with Crippen LogP contribution in [-0.4, -0.2) is 74.0 Å². The highest BCUT2D eigenvalue weighted by Crippen LogP contribution is 2.39. The highest BCUT2D eigenvalue weighted by atomic mass is 16.5. The monoisotopic (exact) mass is 775 g/mol. The smallest absolute Gasteiger partial charge is 0.305 e. The summed E-state index contributed by atoms with van der Waals surface area (Å²) in [6.45, 7) is 13.3. The normalized spacial score (nSPS) is 19.3. The summed E-state index contributed by atoms with van der Waals surface area (Å²) in [4.78, 5) is 28.6. The fourth-order valence-electron chi connectivity index (χ4n) is 8.57. The molecule has 2 fully saturated rings. The Bertz CT molecular complexity index is 949. The Hall–Kier alpha value is -1.44. The molecule has 0 aromatic carbocycles. The molecule has 2 saturated heterocycles. The standard InChI is InChI=1S/C48H90N2O5/c1-5-7-9-11-13-15-17-19-20-21-23-25-27-29-31-34-45(51)49-44(42-54-46(52)35-32-36-50-37-39-53-40-38-50)47-43(41-48(3,4)55-47)33-30-28-26-24-22-18-16-14-12-10-8-6-2/h19-20,43-44,47H,5-18,21-42H2,1-4H3,(H,49,51)/b20-19-/t43-,44-,47+/m0/s1. The van der Waals surface area contributed by atoms with Gasteiger partial charge in [-0.2, -0.15) is 0 Å². The van der Waals surface area contributed by atoms with Crippen LogP contribution in [-0.2, 0) is 23.8 Å². The van der Waals surface area contributed by atoms with Crippen molar-refractivity contribution in [3.8, 4) is 0 Å². The number of nitrogens with one attached hydrogen (secondary N) is 1. The van der Waals surface area contributed by atoms with Gasteiger partial charge in [0.25, 0.3) is 0 Å². The van der Waals surface area contributed by atoms with Crippen LogP contribution in [0, 0.1) is 5.92 Å². The molecule has 0 aromatic rings. The van der Waals surface area contributed by atoms with Crippen molar-refractivity contribution in [2.75, 3.05) is 39.5 Å². The van der Waals surface area contributed by atoms with E-state index in [0.29, 0.717) is 18.8 Å². The van der Waals surface area contributed by atoms with Gasteiger partial charge in [-0.05, 0) is 77.7 Å². The maximum absolute atomic E-state index is 13.3. The quantitative estimate of drug-likeness (QED) is 0.0388. The zero-order valence-electron chi connectivity index (χ0n) is 36.8. The van der Waals surface area contributed by atoms with E-state index in [-0.39, 0.29) is 36.2 Å². The minimum absolute atomic E-state index is 0.0587. The van der Waals surface area contributed by atoms with E-state index in [1.54, 1.807) is 0 Å². The van der Waals surface area contributed by atoms with Gasteiger partial charge in [-0.3, -0.25) is 14.5 Å². The number of nitrogens with zero attached hydrogens (tertiary/aromatic N) is 1. The van der Waals surface area contributed by atoms with Crippen molar-refractivity contribution < 1.29 is 23.8 Å². The van der Waals surface area contributed by atoms with Gasteiger partial charge in [0.05, 0.1) is 31.0 Å². The number of morpholine rings is 1. The maximum atomic E-state index is 13.3. The van der Waals surface area contributed by atoms with Crippen molar-refractivity contribution in [1.29, 1.82) is 0 Å². The maximum Gasteiger partial charge on any atom is 0.305 e. The van der Waals surface area contributed by atoms with Gasteiger partial charge in [-0.25, -0.2) is 0 Å². The number of esters is 1. The van der Waals surface area contributed by atoms with E-state index in [9.17, 15) is 9.59 Å². The predicted molar refractivity (Wildman–Crippen MR) is 232 cm³/mol. The van der Waals surface area contributed by atoms with E-state index in [1.165, 1.54) is 148 Å². The van der Waals surface area contributed by atoms with Crippen LogP contribution in [0.4, 0.5) is 0 Å². The van der Waals surface area contributed by atoms with Crippen LogP contribution < -0.4 is 5.32 Å². The van der Waals surface area contributed by atoms with Crippen LogP contribution in [0.1, 0.15) is 220 Å². The number of ether oxygens (including phenoxy) is 3. The average molecular weight is 775 g/mol. The van der Waals surface area contributed by atoms with E-state index in [2.05, 4.69) is 50.1 Å². The predicted octanol–water partition coefficient (Wildman–Crippen LogP) is 12.4. The number of hydrogen-bond acceptors (Lipinski definition) is 6. The number of amides is 1. The molecule has 0 aliphatic carbocycles. The first-order valence-corrected chi connectivity index (χ1v) is 23.9. The van der Waals surface area contributed by atoms with Gasteiger partial charge in [0.2, 0.25) is 5.91 Å². The van der Waals surface area contributed by atoms with E-state index < -0.39 is 0 Å². The molecule has 7 nitrogen and oxygen atoms in total. The van der Waals surface area contributed by atoms with Crippen LogP contribution in [0.25, 0.3) is 0 Å². The lowest BCUT2D eigenvalue weighted by Gasteiger charge is -2.29. The van der Waals surface area contributed by atoms with E-state index >= 15 is 0 Å². The van der Waals surface area contributed by atoms with Crippen LogP contribution in [0.2, 0.25) is 0 Å². The largest absolute Gasteiger partial charge is 0.463 e. The van der Waals surface area contributed by atoms with E-state index in [0.717, 1.165) is 65.0 Å². The SMILES string of the molecule is CCCCCCCC/C=C\CCCCCCCC(=O)N[C@@H](COC(=O)CCCN1CCOCC1)[C@@H]1OC(C)(C)C[C@@H]1CCCCCCCCCCCCCC. The zero-order valence-corrected chi connectivity index (χ0v) is 36.8. The van der Waals surface area contributed by atoms with Crippen molar-refractivity contribution in [1.82, 2.24) is 10.2 Å². The number of carbonyl (C=O) groups excluding carboxylic acids is 2.